The number of carboxylic acid groups (broad SMARTS) is 1. The summed E-state index contributed by atoms with van der Waals surface area (Å²) in [6, 6.07) is 4.25. The Labute approximate surface area is 134 Å². The van der Waals surface area contributed by atoms with E-state index in [1.807, 2.05) is 4.90 Å². The van der Waals surface area contributed by atoms with Crippen LogP contribution >= 0.6 is 0 Å². The average molecular weight is 324 g/mol. The van der Waals surface area contributed by atoms with E-state index in [0.717, 1.165) is 4.90 Å². The Bertz CT molecular complexity index is 575. The molecule has 2 atom stereocenters. The van der Waals surface area contributed by atoms with Crippen molar-refractivity contribution in [2.45, 2.75) is 19.0 Å². The third kappa shape index (κ3) is 3.86. The summed E-state index contributed by atoms with van der Waals surface area (Å²) in [7, 11) is 1.43. The van der Waals surface area contributed by atoms with Gasteiger partial charge in [-0.2, -0.15) is 0 Å². The number of morpholine rings is 1. The van der Waals surface area contributed by atoms with Crippen molar-refractivity contribution in [1.82, 2.24) is 9.80 Å². The Morgan fingerprint density at radius 1 is 1.30 bits per heavy atom. The monoisotopic (exact) mass is 324 g/mol. The molecule has 1 N–H and O–H groups in total. The van der Waals surface area contributed by atoms with Gasteiger partial charge in [0.1, 0.15) is 17.9 Å². The smallest absolute Gasteiger partial charge is 0.326 e. The van der Waals surface area contributed by atoms with Gasteiger partial charge in [-0.3, -0.25) is 9.69 Å². The van der Waals surface area contributed by atoms with Crippen molar-refractivity contribution in [3.63, 3.8) is 0 Å². The van der Waals surface area contributed by atoms with Gasteiger partial charge in [-0.25, -0.2) is 9.18 Å². The third-order valence-electron chi connectivity index (χ3n) is 4.13. The first kappa shape index (κ1) is 17.4. The molecule has 23 heavy (non-hydrogen) atoms. The van der Waals surface area contributed by atoms with Crippen LogP contribution in [0.2, 0.25) is 0 Å². The highest BCUT2D eigenvalue weighted by Gasteiger charge is 2.35. The number of carbonyl (C=O) groups is 2. The first-order valence-corrected chi connectivity index (χ1v) is 7.49. The summed E-state index contributed by atoms with van der Waals surface area (Å²) in [5, 5.41) is 9.12. The molecule has 6 nitrogen and oxygen atoms in total. The zero-order valence-electron chi connectivity index (χ0n) is 13.2. The van der Waals surface area contributed by atoms with Crippen LogP contribution in [0.25, 0.3) is 0 Å². The van der Waals surface area contributed by atoms with Gasteiger partial charge in [0.2, 0.25) is 5.91 Å². The molecule has 1 heterocycles. The van der Waals surface area contributed by atoms with Gasteiger partial charge in [-0.05, 0) is 13.0 Å². The third-order valence-corrected chi connectivity index (χ3v) is 4.13. The molecule has 126 valence electrons. The maximum atomic E-state index is 14.2. The number of amides is 1. The summed E-state index contributed by atoms with van der Waals surface area (Å²) in [4.78, 5) is 27.0. The minimum Gasteiger partial charge on any atom is -0.480 e. The second-order valence-corrected chi connectivity index (χ2v) is 5.54. The van der Waals surface area contributed by atoms with E-state index in [1.165, 1.54) is 20.0 Å². The largest absolute Gasteiger partial charge is 0.480 e. The van der Waals surface area contributed by atoms with E-state index in [0.29, 0.717) is 26.3 Å². The van der Waals surface area contributed by atoms with Gasteiger partial charge >= 0.3 is 5.97 Å². The van der Waals surface area contributed by atoms with Crippen molar-refractivity contribution in [3.8, 4) is 0 Å². The highest BCUT2D eigenvalue weighted by Crippen LogP contribution is 2.26. The number of likely N-dealkylation sites (N-methyl/N-ethyl adjacent to an activating group) is 1. The van der Waals surface area contributed by atoms with Crippen molar-refractivity contribution in [3.05, 3.63) is 35.6 Å². The second-order valence-electron chi connectivity index (χ2n) is 5.54. The quantitative estimate of drug-likeness (QED) is 0.879. The molecule has 1 saturated heterocycles. The van der Waals surface area contributed by atoms with Crippen molar-refractivity contribution >= 4 is 11.9 Å². The number of benzene rings is 1. The van der Waals surface area contributed by atoms with E-state index in [4.69, 9.17) is 9.84 Å². The van der Waals surface area contributed by atoms with E-state index >= 15 is 0 Å². The number of hydrogen-bond acceptors (Lipinski definition) is 4. The number of halogens is 1. The molecule has 1 aliphatic heterocycles. The number of rotatable bonds is 5. The maximum absolute atomic E-state index is 14.2. The average Bonchev–Trinajstić information content (AvgIpc) is 2.56. The molecule has 0 radical (unpaired) electrons. The molecule has 0 aliphatic carbocycles. The summed E-state index contributed by atoms with van der Waals surface area (Å²) in [5.41, 5.74) is 0.254. The number of aliphatic carboxylic acids is 1. The fraction of sp³-hybridized carbons (Fsp3) is 0.500. The molecule has 7 heteroatoms. The van der Waals surface area contributed by atoms with Crippen LogP contribution in [0.1, 0.15) is 18.5 Å². The minimum absolute atomic E-state index is 0.254. The fourth-order valence-corrected chi connectivity index (χ4v) is 2.57. The summed E-state index contributed by atoms with van der Waals surface area (Å²) in [5.74, 6) is -2.02. The molecule has 2 rings (SSSR count). The lowest BCUT2D eigenvalue weighted by Crippen LogP contribution is -2.50. The first-order valence-electron chi connectivity index (χ1n) is 7.49. The molecule has 1 aromatic carbocycles. The van der Waals surface area contributed by atoms with Crippen LogP contribution in [0.5, 0.6) is 0 Å². The molecule has 0 spiro atoms. The lowest BCUT2D eigenvalue weighted by molar-refractivity contribution is -0.151. The lowest BCUT2D eigenvalue weighted by atomic mass is 10.0. The fourth-order valence-electron chi connectivity index (χ4n) is 2.57. The Balaban J connectivity index is 2.35. The summed E-state index contributed by atoms with van der Waals surface area (Å²) < 4.78 is 19.5. The van der Waals surface area contributed by atoms with Crippen LogP contribution in [0.15, 0.2) is 24.3 Å². The van der Waals surface area contributed by atoms with Crippen LogP contribution in [0.4, 0.5) is 4.39 Å². The summed E-state index contributed by atoms with van der Waals surface area (Å²) in [6.07, 6.45) is 0. The van der Waals surface area contributed by atoms with Crippen LogP contribution in [-0.4, -0.2) is 66.2 Å². The molecule has 0 aromatic heterocycles. The minimum atomic E-state index is -1.10. The van der Waals surface area contributed by atoms with Crippen molar-refractivity contribution in [2.24, 2.45) is 0 Å². The van der Waals surface area contributed by atoms with E-state index in [-0.39, 0.29) is 5.56 Å². The van der Waals surface area contributed by atoms with Crippen molar-refractivity contribution in [2.75, 3.05) is 33.4 Å². The van der Waals surface area contributed by atoms with Crippen molar-refractivity contribution in [1.29, 1.82) is 0 Å². The van der Waals surface area contributed by atoms with E-state index in [9.17, 15) is 14.0 Å². The van der Waals surface area contributed by atoms with Gasteiger partial charge in [0, 0.05) is 25.7 Å². The summed E-state index contributed by atoms with van der Waals surface area (Å²) >= 11 is 0. The van der Waals surface area contributed by atoms with Gasteiger partial charge in [0.05, 0.1) is 13.2 Å². The number of nitrogens with zero attached hydrogens (tertiary/aromatic N) is 2. The predicted molar refractivity (Wildman–Crippen MR) is 81.4 cm³/mol. The zero-order chi connectivity index (χ0) is 17.0. The molecular weight excluding hydrogens is 303 g/mol. The number of carbonyl (C=O) groups excluding carboxylic acids is 1. The number of carboxylic acids is 1. The Morgan fingerprint density at radius 3 is 2.48 bits per heavy atom. The van der Waals surface area contributed by atoms with E-state index in [1.54, 1.807) is 18.2 Å². The molecule has 1 aromatic rings. The Hall–Kier alpha value is -1.99. The van der Waals surface area contributed by atoms with Gasteiger partial charge in [0.25, 0.3) is 0 Å². The predicted octanol–water partition coefficient (Wildman–Crippen LogP) is 1.13. The zero-order valence-corrected chi connectivity index (χ0v) is 13.2. The van der Waals surface area contributed by atoms with Crippen LogP contribution in [0, 0.1) is 5.82 Å². The molecule has 0 bridgehead atoms. The van der Waals surface area contributed by atoms with Gasteiger partial charge in [0.15, 0.2) is 0 Å². The number of ether oxygens (including phenoxy) is 1. The van der Waals surface area contributed by atoms with E-state index in [2.05, 4.69) is 0 Å². The van der Waals surface area contributed by atoms with Crippen LogP contribution < -0.4 is 0 Å². The normalized spacial score (nSPS) is 18.2. The second kappa shape index (κ2) is 7.52. The molecule has 0 unspecified atom stereocenters. The molecule has 0 saturated carbocycles. The molecule has 1 amide bonds. The van der Waals surface area contributed by atoms with Crippen molar-refractivity contribution < 1.29 is 23.8 Å². The lowest BCUT2D eigenvalue weighted by Gasteiger charge is -2.36. The maximum Gasteiger partial charge on any atom is 0.326 e. The Morgan fingerprint density at radius 2 is 1.91 bits per heavy atom. The standard InChI is InChI=1S/C16H21FN2O4/c1-11(16(21)22)18(2)15(20)14(19-7-9-23-10-8-19)12-5-3-4-6-13(12)17/h3-6,11,14H,7-10H2,1-2H3,(H,21,22)/t11-,14+/m0/s1. The van der Waals surface area contributed by atoms with Gasteiger partial charge in [-0.1, -0.05) is 18.2 Å². The van der Waals surface area contributed by atoms with E-state index < -0.39 is 29.8 Å². The van der Waals surface area contributed by atoms with Gasteiger partial charge < -0.3 is 14.7 Å². The van der Waals surface area contributed by atoms with Gasteiger partial charge in [-0.15, -0.1) is 0 Å². The first-order chi connectivity index (χ1) is 10.9. The molecule has 1 fully saturated rings. The van der Waals surface area contributed by atoms with Crippen LogP contribution in [-0.2, 0) is 14.3 Å². The molecule has 1 aliphatic rings. The number of hydrogen-bond donors (Lipinski definition) is 1. The molecular formula is C16H21FN2O4. The highest BCUT2D eigenvalue weighted by molar-refractivity contribution is 5.87. The topological polar surface area (TPSA) is 70.1 Å². The Kier molecular flexibility index (Phi) is 5.68. The highest BCUT2D eigenvalue weighted by atomic mass is 19.1. The van der Waals surface area contributed by atoms with Crippen LogP contribution in [0.3, 0.4) is 0 Å². The summed E-state index contributed by atoms with van der Waals surface area (Å²) in [6.45, 7) is 3.31. The SMILES string of the molecule is C[C@@H](C(=O)O)N(C)C(=O)[C@@H](c1ccccc1F)N1CCOCC1.